The molecule has 1 amide bonds. The average molecular weight is 335 g/mol. The van der Waals surface area contributed by atoms with Gasteiger partial charge in [-0.15, -0.1) is 0 Å². The number of hydrogen-bond acceptors (Lipinski definition) is 4. The second-order valence-electron chi connectivity index (χ2n) is 5.39. The first-order valence-electron chi connectivity index (χ1n) is 7.93. The minimum atomic E-state index is -4.49. The molecule has 0 aliphatic carbocycles. The van der Waals surface area contributed by atoms with Gasteiger partial charge in [0.25, 0.3) is 0 Å². The van der Waals surface area contributed by atoms with Crippen molar-refractivity contribution in [3.8, 4) is 0 Å². The van der Waals surface area contributed by atoms with E-state index in [1.54, 1.807) is 0 Å². The molecule has 0 saturated carbocycles. The highest BCUT2D eigenvalue weighted by Crippen LogP contribution is 2.11. The first-order valence-corrected chi connectivity index (χ1v) is 9.30. The summed E-state index contributed by atoms with van der Waals surface area (Å²) in [6.07, 6.45) is 11.0. The predicted octanol–water partition coefficient (Wildman–Crippen LogP) is 3.01. The number of unbranched alkanes of at least 4 members (excludes halogenated alkanes) is 7. The molecular weight excluding hydrogens is 306 g/mol. The Morgan fingerprint density at radius 2 is 1.73 bits per heavy atom. The number of carbonyl (C=O) groups excluding carboxylic acids is 1. The fraction of sp³-hybridized carbons (Fsp3) is 0.800. The smallest absolute Gasteiger partial charge is 0.347 e. The number of amides is 1. The third-order valence-corrected chi connectivity index (χ3v) is 3.79. The van der Waals surface area contributed by atoms with Crippen molar-refractivity contribution in [1.82, 2.24) is 5.32 Å². The molecule has 7 heteroatoms. The van der Waals surface area contributed by atoms with Crippen LogP contribution < -0.4 is 5.32 Å². The molecule has 0 bridgehead atoms. The molecule has 130 valence electrons. The first-order chi connectivity index (χ1) is 10.4. The van der Waals surface area contributed by atoms with Gasteiger partial charge >= 0.3 is 10.4 Å². The lowest BCUT2D eigenvalue weighted by atomic mass is 10.0. The highest BCUT2D eigenvalue weighted by atomic mass is 32.3. The van der Waals surface area contributed by atoms with Crippen molar-refractivity contribution in [2.24, 2.45) is 0 Å². The van der Waals surface area contributed by atoms with Gasteiger partial charge in [0.15, 0.2) is 0 Å². The second-order valence-corrected chi connectivity index (χ2v) is 6.48. The molecular formula is C15H29NO5S. The van der Waals surface area contributed by atoms with Gasteiger partial charge in [0.05, 0.1) is 12.6 Å². The van der Waals surface area contributed by atoms with E-state index in [9.17, 15) is 13.2 Å². The van der Waals surface area contributed by atoms with Crippen molar-refractivity contribution >= 4 is 16.3 Å². The monoisotopic (exact) mass is 335 g/mol. The zero-order valence-corrected chi connectivity index (χ0v) is 14.2. The van der Waals surface area contributed by atoms with Crippen LogP contribution >= 0.6 is 0 Å². The fourth-order valence-electron chi connectivity index (χ4n) is 2.15. The Bertz CT molecular complexity index is 408. The molecule has 0 spiro atoms. The Balaban J connectivity index is 3.92. The standard InChI is InChI=1S/C15H29NO5S/c1-3-5-6-7-8-9-10-11-12-14(16-15(17)4-2)13-21-22(18,19)20/h4,14H,2-3,5-13H2,1H3,(H,16,17)(H,18,19,20). The van der Waals surface area contributed by atoms with Crippen LogP contribution in [0.5, 0.6) is 0 Å². The molecule has 0 aromatic heterocycles. The van der Waals surface area contributed by atoms with Gasteiger partial charge in [-0.05, 0) is 12.5 Å². The van der Waals surface area contributed by atoms with Crippen LogP contribution in [0.4, 0.5) is 0 Å². The lowest BCUT2D eigenvalue weighted by Crippen LogP contribution is -2.37. The Morgan fingerprint density at radius 3 is 2.23 bits per heavy atom. The highest BCUT2D eigenvalue weighted by molar-refractivity contribution is 7.80. The Hall–Kier alpha value is -0.920. The summed E-state index contributed by atoms with van der Waals surface area (Å²) >= 11 is 0. The Labute approximate surface area is 134 Å². The lowest BCUT2D eigenvalue weighted by Gasteiger charge is -2.16. The van der Waals surface area contributed by atoms with Crippen molar-refractivity contribution in [2.45, 2.75) is 70.8 Å². The molecule has 0 fully saturated rings. The highest BCUT2D eigenvalue weighted by Gasteiger charge is 2.14. The maximum absolute atomic E-state index is 11.3. The van der Waals surface area contributed by atoms with Crippen molar-refractivity contribution < 1.29 is 21.9 Å². The van der Waals surface area contributed by atoms with Gasteiger partial charge in [-0.25, -0.2) is 4.18 Å². The summed E-state index contributed by atoms with van der Waals surface area (Å²) in [5, 5.41) is 2.60. The molecule has 0 aliphatic heterocycles. The summed E-state index contributed by atoms with van der Waals surface area (Å²) in [5.41, 5.74) is 0. The van der Waals surface area contributed by atoms with Crippen LogP contribution in [0.15, 0.2) is 12.7 Å². The molecule has 0 heterocycles. The van der Waals surface area contributed by atoms with E-state index >= 15 is 0 Å². The first kappa shape index (κ1) is 21.1. The third kappa shape index (κ3) is 14.0. The van der Waals surface area contributed by atoms with E-state index in [-0.39, 0.29) is 12.5 Å². The van der Waals surface area contributed by atoms with Gasteiger partial charge in [0, 0.05) is 0 Å². The quantitative estimate of drug-likeness (QED) is 0.289. The van der Waals surface area contributed by atoms with E-state index in [0.29, 0.717) is 6.42 Å². The van der Waals surface area contributed by atoms with Crippen LogP contribution in [0.25, 0.3) is 0 Å². The predicted molar refractivity (Wildman–Crippen MR) is 86.9 cm³/mol. The number of hydrogen-bond donors (Lipinski definition) is 2. The van der Waals surface area contributed by atoms with E-state index in [1.165, 1.54) is 32.1 Å². The van der Waals surface area contributed by atoms with E-state index in [0.717, 1.165) is 25.3 Å². The molecule has 0 aromatic rings. The largest absolute Gasteiger partial charge is 0.397 e. The summed E-state index contributed by atoms with van der Waals surface area (Å²) in [4.78, 5) is 11.3. The maximum Gasteiger partial charge on any atom is 0.397 e. The van der Waals surface area contributed by atoms with Crippen molar-refractivity contribution in [3.63, 3.8) is 0 Å². The van der Waals surface area contributed by atoms with E-state index in [2.05, 4.69) is 23.0 Å². The van der Waals surface area contributed by atoms with Crippen molar-refractivity contribution in [3.05, 3.63) is 12.7 Å². The summed E-state index contributed by atoms with van der Waals surface area (Å²) in [6.45, 7) is 5.27. The number of nitrogens with one attached hydrogen (secondary N) is 1. The molecule has 6 nitrogen and oxygen atoms in total. The van der Waals surface area contributed by atoms with Gasteiger partial charge in [-0.1, -0.05) is 64.9 Å². The van der Waals surface area contributed by atoms with Crippen LogP contribution in [-0.4, -0.2) is 31.5 Å². The third-order valence-electron chi connectivity index (χ3n) is 3.36. The molecule has 1 unspecified atom stereocenters. The van der Waals surface area contributed by atoms with Gasteiger partial charge in [0.1, 0.15) is 0 Å². The molecule has 0 aliphatic rings. The van der Waals surface area contributed by atoms with Crippen LogP contribution in [0, 0.1) is 0 Å². The molecule has 22 heavy (non-hydrogen) atoms. The molecule has 0 rings (SSSR count). The van der Waals surface area contributed by atoms with Crippen LogP contribution in [0.1, 0.15) is 64.7 Å². The maximum atomic E-state index is 11.3. The molecule has 1 atom stereocenters. The zero-order valence-electron chi connectivity index (χ0n) is 13.4. The van der Waals surface area contributed by atoms with Gasteiger partial charge in [0.2, 0.25) is 5.91 Å². The van der Waals surface area contributed by atoms with Gasteiger partial charge < -0.3 is 5.32 Å². The summed E-state index contributed by atoms with van der Waals surface area (Å²) < 4.78 is 34.1. The van der Waals surface area contributed by atoms with E-state index in [1.807, 2.05) is 0 Å². The lowest BCUT2D eigenvalue weighted by molar-refractivity contribution is -0.117. The summed E-state index contributed by atoms with van der Waals surface area (Å²) in [6, 6.07) is -0.451. The van der Waals surface area contributed by atoms with Crippen LogP contribution in [0.3, 0.4) is 0 Å². The Kier molecular flexibility index (Phi) is 12.1. The number of rotatable bonds is 14. The second kappa shape index (κ2) is 12.6. The molecule has 0 radical (unpaired) electrons. The fourth-order valence-corrected chi connectivity index (χ4v) is 2.49. The van der Waals surface area contributed by atoms with Gasteiger partial charge in [-0.2, -0.15) is 8.42 Å². The van der Waals surface area contributed by atoms with E-state index in [4.69, 9.17) is 4.55 Å². The van der Waals surface area contributed by atoms with Crippen molar-refractivity contribution in [1.29, 1.82) is 0 Å². The molecule has 0 aromatic carbocycles. The summed E-state index contributed by atoms with van der Waals surface area (Å²) in [7, 11) is -4.49. The van der Waals surface area contributed by atoms with Crippen LogP contribution in [0.2, 0.25) is 0 Å². The minimum absolute atomic E-state index is 0.269. The normalized spacial score (nSPS) is 12.8. The van der Waals surface area contributed by atoms with E-state index < -0.39 is 16.4 Å². The Morgan fingerprint density at radius 1 is 1.18 bits per heavy atom. The topological polar surface area (TPSA) is 92.7 Å². The number of carbonyl (C=O) groups is 1. The summed E-state index contributed by atoms with van der Waals surface area (Å²) in [5.74, 6) is -0.386. The minimum Gasteiger partial charge on any atom is -0.347 e. The molecule has 2 N–H and O–H groups in total. The zero-order chi connectivity index (χ0) is 16.8. The average Bonchev–Trinajstić information content (AvgIpc) is 2.46. The van der Waals surface area contributed by atoms with Gasteiger partial charge in [-0.3, -0.25) is 9.35 Å². The SMILES string of the molecule is C=CC(=O)NC(CCCCCCCCCC)COS(=O)(=O)O. The van der Waals surface area contributed by atoms with Crippen LogP contribution in [-0.2, 0) is 19.4 Å². The molecule has 0 saturated heterocycles. The van der Waals surface area contributed by atoms with Crippen molar-refractivity contribution in [2.75, 3.05) is 6.61 Å².